The van der Waals surface area contributed by atoms with Gasteiger partial charge in [-0.15, -0.1) is 0 Å². The van der Waals surface area contributed by atoms with E-state index in [-0.39, 0.29) is 5.41 Å². The van der Waals surface area contributed by atoms with Crippen LogP contribution in [0.2, 0.25) is 0 Å². The molecule has 0 radical (unpaired) electrons. The van der Waals surface area contributed by atoms with Gasteiger partial charge in [0.2, 0.25) is 5.89 Å². The molecule has 0 spiro atoms. The lowest BCUT2D eigenvalue weighted by molar-refractivity contribution is 0.620. The SMILES string of the molecule is CC1(C)c2ccccc2-c2ccc(N(c3ccc(-c4cccc5ccc6oc(-c7ccccc7)nc6c45)cc3)c3cccc(-c4ccccc4)c3)cc21. The third kappa shape index (κ3) is 5.16. The van der Waals surface area contributed by atoms with E-state index >= 15 is 0 Å². The number of rotatable bonds is 6. The molecular formula is C50H36N2O. The molecule has 0 aliphatic heterocycles. The second-order valence-electron chi connectivity index (χ2n) is 14.4. The molecule has 8 aromatic carbocycles. The van der Waals surface area contributed by atoms with Crippen LogP contribution in [0.4, 0.5) is 17.1 Å². The van der Waals surface area contributed by atoms with E-state index in [1.807, 2.05) is 36.4 Å². The van der Waals surface area contributed by atoms with Gasteiger partial charge in [-0.3, -0.25) is 0 Å². The van der Waals surface area contributed by atoms with Crippen molar-refractivity contribution in [2.24, 2.45) is 0 Å². The van der Waals surface area contributed by atoms with Gasteiger partial charge in [0.1, 0.15) is 5.52 Å². The Kier molecular flexibility index (Phi) is 7.16. The van der Waals surface area contributed by atoms with Crippen molar-refractivity contribution in [3.05, 3.63) is 193 Å². The fraction of sp³-hybridized carbons (Fsp3) is 0.0600. The van der Waals surface area contributed by atoms with E-state index in [9.17, 15) is 0 Å². The predicted molar refractivity (Wildman–Crippen MR) is 220 cm³/mol. The van der Waals surface area contributed by atoms with Gasteiger partial charge < -0.3 is 9.32 Å². The lowest BCUT2D eigenvalue weighted by Crippen LogP contribution is -2.16. The normalized spacial score (nSPS) is 12.9. The monoisotopic (exact) mass is 680 g/mol. The molecule has 9 aromatic rings. The molecule has 0 unspecified atom stereocenters. The van der Waals surface area contributed by atoms with E-state index in [2.05, 4.69) is 164 Å². The van der Waals surface area contributed by atoms with Gasteiger partial charge in [-0.2, -0.15) is 0 Å². The lowest BCUT2D eigenvalue weighted by Gasteiger charge is -2.28. The molecular weight excluding hydrogens is 645 g/mol. The van der Waals surface area contributed by atoms with Crippen LogP contribution in [-0.2, 0) is 5.41 Å². The minimum Gasteiger partial charge on any atom is -0.436 e. The van der Waals surface area contributed by atoms with Gasteiger partial charge in [-0.25, -0.2) is 4.98 Å². The van der Waals surface area contributed by atoms with Crippen LogP contribution in [0.15, 0.2) is 186 Å². The highest BCUT2D eigenvalue weighted by Crippen LogP contribution is 2.51. The lowest BCUT2D eigenvalue weighted by atomic mass is 9.82. The van der Waals surface area contributed by atoms with Crippen LogP contribution in [0, 0.1) is 0 Å². The number of hydrogen-bond acceptors (Lipinski definition) is 3. The minimum absolute atomic E-state index is 0.107. The van der Waals surface area contributed by atoms with Crippen molar-refractivity contribution in [1.29, 1.82) is 0 Å². The van der Waals surface area contributed by atoms with Crippen molar-refractivity contribution in [1.82, 2.24) is 4.98 Å². The number of aromatic nitrogens is 1. The topological polar surface area (TPSA) is 29.3 Å². The first-order valence-electron chi connectivity index (χ1n) is 18.2. The molecule has 0 saturated carbocycles. The van der Waals surface area contributed by atoms with Crippen molar-refractivity contribution >= 4 is 38.9 Å². The Hall–Kier alpha value is -6.71. The molecule has 0 bridgehead atoms. The minimum atomic E-state index is -0.107. The molecule has 1 aliphatic rings. The average molecular weight is 681 g/mol. The van der Waals surface area contributed by atoms with E-state index in [1.165, 1.54) is 33.4 Å². The number of anilines is 3. The summed E-state index contributed by atoms with van der Waals surface area (Å²) in [5.41, 5.74) is 15.8. The highest BCUT2D eigenvalue weighted by molar-refractivity contribution is 6.12. The highest BCUT2D eigenvalue weighted by atomic mass is 16.3. The summed E-state index contributed by atoms with van der Waals surface area (Å²) in [7, 11) is 0. The number of benzene rings is 8. The Balaban J connectivity index is 1.11. The molecule has 0 atom stereocenters. The molecule has 10 rings (SSSR count). The van der Waals surface area contributed by atoms with E-state index in [1.54, 1.807) is 0 Å². The summed E-state index contributed by atoms with van der Waals surface area (Å²) in [6.45, 7) is 4.69. The maximum Gasteiger partial charge on any atom is 0.227 e. The van der Waals surface area contributed by atoms with Crippen molar-refractivity contribution in [3.63, 3.8) is 0 Å². The Labute approximate surface area is 309 Å². The van der Waals surface area contributed by atoms with Crippen LogP contribution in [0.1, 0.15) is 25.0 Å². The molecule has 1 heterocycles. The molecule has 1 aliphatic carbocycles. The summed E-state index contributed by atoms with van der Waals surface area (Å²) in [6.07, 6.45) is 0. The van der Waals surface area contributed by atoms with Gasteiger partial charge in [-0.05, 0) is 104 Å². The summed E-state index contributed by atoms with van der Waals surface area (Å²) >= 11 is 0. The van der Waals surface area contributed by atoms with E-state index < -0.39 is 0 Å². The maximum atomic E-state index is 6.29. The van der Waals surface area contributed by atoms with E-state index in [0.717, 1.165) is 55.6 Å². The number of nitrogens with zero attached hydrogens (tertiary/aromatic N) is 2. The zero-order chi connectivity index (χ0) is 35.5. The van der Waals surface area contributed by atoms with Crippen LogP contribution in [0.3, 0.4) is 0 Å². The van der Waals surface area contributed by atoms with Crippen molar-refractivity contribution in [2.75, 3.05) is 4.90 Å². The van der Waals surface area contributed by atoms with Crippen LogP contribution in [0.25, 0.3) is 66.7 Å². The summed E-state index contributed by atoms with van der Waals surface area (Å²) in [4.78, 5) is 7.43. The number of oxazole rings is 1. The van der Waals surface area contributed by atoms with Crippen molar-refractivity contribution in [2.45, 2.75) is 19.3 Å². The Morgan fingerprint density at radius 1 is 0.453 bits per heavy atom. The van der Waals surface area contributed by atoms with Gasteiger partial charge in [0.25, 0.3) is 0 Å². The first-order valence-corrected chi connectivity index (χ1v) is 18.2. The quantitative estimate of drug-likeness (QED) is 0.175. The predicted octanol–water partition coefficient (Wildman–Crippen LogP) is 13.8. The highest BCUT2D eigenvalue weighted by Gasteiger charge is 2.35. The first-order chi connectivity index (χ1) is 26.0. The first kappa shape index (κ1) is 31.1. The van der Waals surface area contributed by atoms with Crippen LogP contribution < -0.4 is 4.90 Å². The smallest absolute Gasteiger partial charge is 0.227 e. The third-order valence-electron chi connectivity index (χ3n) is 10.9. The van der Waals surface area contributed by atoms with Gasteiger partial charge >= 0.3 is 0 Å². The molecule has 1 aromatic heterocycles. The summed E-state index contributed by atoms with van der Waals surface area (Å²) in [6, 6.07) is 65.0. The van der Waals surface area contributed by atoms with E-state index in [4.69, 9.17) is 9.40 Å². The summed E-state index contributed by atoms with van der Waals surface area (Å²) < 4.78 is 6.29. The van der Waals surface area contributed by atoms with Gasteiger partial charge in [0.15, 0.2) is 5.58 Å². The third-order valence-corrected chi connectivity index (χ3v) is 10.9. The molecule has 0 saturated heterocycles. The van der Waals surface area contributed by atoms with Crippen LogP contribution in [0.5, 0.6) is 0 Å². The summed E-state index contributed by atoms with van der Waals surface area (Å²) in [5, 5.41) is 2.23. The molecule has 3 nitrogen and oxygen atoms in total. The fourth-order valence-electron chi connectivity index (χ4n) is 8.23. The zero-order valence-electron chi connectivity index (χ0n) is 29.6. The van der Waals surface area contributed by atoms with Crippen molar-refractivity contribution in [3.8, 4) is 44.8 Å². The molecule has 0 amide bonds. The van der Waals surface area contributed by atoms with Gasteiger partial charge in [-0.1, -0.05) is 141 Å². The largest absolute Gasteiger partial charge is 0.436 e. The standard InChI is InChI=1S/C50H36N2O/c1-50(2)44-22-10-9-20-42(44)43-29-28-40(32-45(43)50)52(39-19-11-18-37(31-39)33-13-5-3-6-14-33)38-26-23-34(24-27-38)41-21-12-17-35-25-30-46-48(47(35)41)51-49(53-46)36-15-7-4-8-16-36/h3-32H,1-2H3. The van der Waals surface area contributed by atoms with Gasteiger partial charge in [0, 0.05) is 33.4 Å². The molecule has 0 N–H and O–H groups in total. The maximum absolute atomic E-state index is 6.29. The molecule has 53 heavy (non-hydrogen) atoms. The average Bonchev–Trinajstić information content (AvgIpc) is 3.76. The summed E-state index contributed by atoms with van der Waals surface area (Å²) in [5.74, 6) is 0.632. The molecule has 0 fully saturated rings. The van der Waals surface area contributed by atoms with Crippen LogP contribution >= 0.6 is 0 Å². The Morgan fingerprint density at radius 2 is 1.09 bits per heavy atom. The fourth-order valence-corrected chi connectivity index (χ4v) is 8.23. The number of fused-ring (bicyclic) bond motifs is 6. The van der Waals surface area contributed by atoms with Crippen LogP contribution in [-0.4, -0.2) is 4.98 Å². The van der Waals surface area contributed by atoms with E-state index in [0.29, 0.717) is 5.89 Å². The van der Waals surface area contributed by atoms with Crippen molar-refractivity contribution < 1.29 is 4.42 Å². The van der Waals surface area contributed by atoms with Gasteiger partial charge in [0.05, 0.1) is 0 Å². The Bertz CT molecular complexity index is 2800. The molecule has 252 valence electrons. The number of hydrogen-bond donors (Lipinski definition) is 0. The zero-order valence-corrected chi connectivity index (χ0v) is 29.6. The Morgan fingerprint density at radius 3 is 1.91 bits per heavy atom. The second-order valence-corrected chi connectivity index (χ2v) is 14.4. The second kappa shape index (κ2) is 12.2. The molecule has 3 heteroatoms.